The average molecular weight is 275 g/mol. The summed E-state index contributed by atoms with van der Waals surface area (Å²) in [4.78, 5) is 0.313. The van der Waals surface area contributed by atoms with Crippen molar-refractivity contribution in [1.29, 1.82) is 0 Å². The van der Waals surface area contributed by atoms with Gasteiger partial charge in [-0.25, -0.2) is 8.42 Å². The van der Waals surface area contributed by atoms with Gasteiger partial charge in [0.2, 0.25) is 0 Å². The maximum Gasteiger partial charge on any atom is 0.175 e. The van der Waals surface area contributed by atoms with Gasteiger partial charge in [0.1, 0.15) is 0 Å². The van der Waals surface area contributed by atoms with E-state index in [0.717, 1.165) is 11.1 Å². The fraction of sp³-hybridized carbons (Fsp3) is 0.200. The van der Waals surface area contributed by atoms with Crippen LogP contribution in [0.15, 0.2) is 59.5 Å². The number of sulfone groups is 1. The van der Waals surface area contributed by atoms with E-state index in [-0.39, 0.29) is 6.04 Å². The van der Waals surface area contributed by atoms with Crippen molar-refractivity contribution in [2.24, 2.45) is 5.73 Å². The molecule has 0 heterocycles. The Kier molecular flexibility index (Phi) is 4.02. The zero-order chi connectivity index (χ0) is 13.9. The molecule has 2 N–H and O–H groups in total. The van der Waals surface area contributed by atoms with Gasteiger partial charge in [0.05, 0.1) is 4.90 Å². The Labute approximate surface area is 114 Å². The molecule has 0 aromatic heterocycles. The van der Waals surface area contributed by atoms with Crippen molar-refractivity contribution in [3.63, 3.8) is 0 Å². The predicted octanol–water partition coefficient (Wildman–Crippen LogP) is 2.33. The first-order chi connectivity index (χ1) is 8.97. The molecule has 0 aliphatic carbocycles. The Balaban J connectivity index is 2.23. The Morgan fingerprint density at radius 3 is 2.37 bits per heavy atom. The molecule has 0 amide bonds. The van der Waals surface area contributed by atoms with Crippen molar-refractivity contribution >= 4 is 9.84 Å². The summed E-state index contributed by atoms with van der Waals surface area (Å²) in [6, 6.07) is 16.6. The van der Waals surface area contributed by atoms with Crippen molar-refractivity contribution < 1.29 is 8.42 Å². The van der Waals surface area contributed by atoms with Crippen LogP contribution in [0.4, 0.5) is 0 Å². The van der Waals surface area contributed by atoms with E-state index < -0.39 is 9.84 Å². The Morgan fingerprint density at radius 1 is 1.05 bits per heavy atom. The number of nitrogens with two attached hydrogens (primary N) is 1. The lowest BCUT2D eigenvalue weighted by Gasteiger charge is -2.13. The molecule has 2 aromatic rings. The number of hydrogen-bond donors (Lipinski definition) is 1. The lowest BCUT2D eigenvalue weighted by molar-refractivity contribution is 0.601. The standard InChI is InChI=1S/C15H17NO2S/c1-19(17,18)14-9-5-8-13(11-14)15(16)10-12-6-3-2-4-7-12/h2-9,11,15H,10,16H2,1H3. The second-order valence-electron chi connectivity index (χ2n) is 4.64. The summed E-state index contributed by atoms with van der Waals surface area (Å²) in [5.41, 5.74) is 8.12. The number of rotatable bonds is 4. The molecular weight excluding hydrogens is 258 g/mol. The van der Waals surface area contributed by atoms with Crippen LogP contribution in [0.25, 0.3) is 0 Å². The van der Waals surface area contributed by atoms with Gasteiger partial charge in [0.25, 0.3) is 0 Å². The molecule has 0 bridgehead atoms. The quantitative estimate of drug-likeness (QED) is 0.931. The van der Waals surface area contributed by atoms with Gasteiger partial charge in [-0.2, -0.15) is 0 Å². The first-order valence-electron chi connectivity index (χ1n) is 6.06. The van der Waals surface area contributed by atoms with Gasteiger partial charge in [0.15, 0.2) is 9.84 Å². The van der Waals surface area contributed by atoms with Crippen LogP contribution in [0.1, 0.15) is 17.2 Å². The minimum absolute atomic E-state index is 0.205. The first-order valence-corrected chi connectivity index (χ1v) is 7.95. The van der Waals surface area contributed by atoms with E-state index in [9.17, 15) is 8.42 Å². The highest BCUT2D eigenvalue weighted by molar-refractivity contribution is 7.90. The van der Waals surface area contributed by atoms with Gasteiger partial charge in [-0.15, -0.1) is 0 Å². The Hall–Kier alpha value is -1.65. The molecule has 2 aromatic carbocycles. The van der Waals surface area contributed by atoms with E-state index in [1.165, 1.54) is 6.26 Å². The van der Waals surface area contributed by atoms with Crippen molar-refractivity contribution in [3.05, 3.63) is 65.7 Å². The normalized spacial score (nSPS) is 13.2. The summed E-state index contributed by atoms with van der Waals surface area (Å²) in [5, 5.41) is 0. The van der Waals surface area contributed by atoms with Crippen molar-refractivity contribution in [2.75, 3.05) is 6.26 Å². The fourth-order valence-corrected chi connectivity index (χ4v) is 2.64. The molecule has 3 nitrogen and oxygen atoms in total. The van der Waals surface area contributed by atoms with Gasteiger partial charge < -0.3 is 5.73 Å². The van der Waals surface area contributed by atoms with Crippen LogP contribution >= 0.6 is 0 Å². The number of benzene rings is 2. The van der Waals surface area contributed by atoms with Crippen molar-refractivity contribution in [1.82, 2.24) is 0 Å². The second kappa shape index (κ2) is 5.55. The van der Waals surface area contributed by atoms with E-state index in [1.807, 2.05) is 36.4 Å². The zero-order valence-electron chi connectivity index (χ0n) is 10.8. The highest BCUT2D eigenvalue weighted by atomic mass is 32.2. The minimum atomic E-state index is -3.19. The Morgan fingerprint density at radius 2 is 1.74 bits per heavy atom. The first kappa shape index (κ1) is 13.8. The third-order valence-corrected chi connectivity index (χ3v) is 4.12. The van der Waals surface area contributed by atoms with Gasteiger partial charge >= 0.3 is 0 Å². The van der Waals surface area contributed by atoms with Crippen LogP contribution < -0.4 is 5.73 Å². The van der Waals surface area contributed by atoms with Crippen molar-refractivity contribution in [2.45, 2.75) is 17.4 Å². The number of hydrogen-bond acceptors (Lipinski definition) is 3. The SMILES string of the molecule is CS(=O)(=O)c1cccc(C(N)Cc2ccccc2)c1. The van der Waals surface area contributed by atoms with Crippen molar-refractivity contribution in [3.8, 4) is 0 Å². The fourth-order valence-electron chi connectivity index (χ4n) is 1.96. The topological polar surface area (TPSA) is 60.2 Å². The maximum absolute atomic E-state index is 11.5. The monoisotopic (exact) mass is 275 g/mol. The molecule has 2 rings (SSSR count). The van der Waals surface area contributed by atoms with Gasteiger partial charge in [-0.3, -0.25) is 0 Å². The van der Waals surface area contributed by atoms with E-state index in [2.05, 4.69) is 0 Å². The second-order valence-corrected chi connectivity index (χ2v) is 6.66. The van der Waals surface area contributed by atoms with Gasteiger partial charge in [-0.1, -0.05) is 42.5 Å². The van der Waals surface area contributed by atoms with E-state index >= 15 is 0 Å². The molecule has 1 unspecified atom stereocenters. The minimum Gasteiger partial charge on any atom is -0.324 e. The molecule has 0 fully saturated rings. The predicted molar refractivity (Wildman–Crippen MR) is 76.6 cm³/mol. The third-order valence-electron chi connectivity index (χ3n) is 3.01. The smallest absolute Gasteiger partial charge is 0.175 e. The van der Waals surface area contributed by atoms with Crippen LogP contribution in [-0.2, 0) is 16.3 Å². The van der Waals surface area contributed by atoms with Crippen LogP contribution in [0.2, 0.25) is 0 Å². The summed E-state index contributed by atoms with van der Waals surface area (Å²) in [5.74, 6) is 0. The molecule has 0 aliphatic rings. The van der Waals surface area contributed by atoms with Crippen LogP contribution in [0.3, 0.4) is 0 Å². The summed E-state index contributed by atoms with van der Waals surface area (Å²) >= 11 is 0. The molecular formula is C15H17NO2S. The van der Waals surface area contributed by atoms with E-state index in [4.69, 9.17) is 5.73 Å². The lowest BCUT2D eigenvalue weighted by Crippen LogP contribution is -2.14. The van der Waals surface area contributed by atoms with Crippen LogP contribution in [0, 0.1) is 0 Å². The molecule has 19 heavy (non-hydrogen) atoms. The zero-order valence-corrected chi connectivity index (χ0v) is 11.6. The summed E-state index contributed by atoms with van der Waals surface area (Å²) in [7, 11) is -3.19. The molecule has 0 saturated carbocycles. The van der Waals surface area contributed by atoms with Crippen LogP contribution in [-0.4, -0.2) is 14.7 Å². The lowest BCUT2D eigenvalue weighted by atomic mass is 10.00. The highest BCUT2D eigenvalue weighted by Gasteiger charge is 2.11. The molecule has 1 atom stereocenters. The third kappa shape index (κ3) is 3.66. The summed E-state index contributed by atoms with van der Waals surface area (Å²) in [6.07, 6.45) is 1.89. The van der Waals surface area contributed by atoms with E-state index in [0.29, 0.717) is 11.3 Å². The molecule has 0 aliphatic heterocycles. The molecule has 0 radical (unpaired) electrons. The summed E-state index contributed by atoms with van der Waals surface area (Å²) < 4.78 is 23.1. The molecule has 0 saturated heterocycles. The Bertz CT molecular complexity index is 651. The van der Waals surface area contributed by atoms with Gasteiger partial charge in [0, 0.05) is 12.3 Å². The molecule has 4 heteroatoms. The molecule has 0 spiro atoms. The van der Waals surface area contributed by atoms with Crippen LogP contribution in [0.5, 0.6) is 0 Å². The van der Waals surface area contributed by atoms with E-state index in [1.54, 1.807) is 18.2 Å². The summed E-state index contributed by atoms with van der Waals surface area (Å²) in [6.45, 7) is 0. The van der Waals surface area contributed by atoms with Gasteiger partial charge in [-0.05, 0) is 29.7 Å². The maximum atomic E-state index is 11.5. The largest absolute Gasteiger partial charge is 0.324 e. The average Bonchev–Trinajstić information content (AvgIpc) is 2.39. The molecule has 100 valence electrons. The highest BCUT2D eigenvalue weighted by Crippen LogP contribution is 2.19.